The second-order valence-corrected chi connectivity index (χ2v) is 9.34. The molecule has 0 saturated carbocycles. The van der Waals surface area contributed by atoms with Gasteiger partial charge in [-0.15, -0.1) is 11.3 Å². The number of thiazole rings is 1. The number of nitrogens with one attached hydrogen (secondary N) is 1. The van der Waals surface area contributed by atoms with Crippen molar-refractivity contribution in [1.29, 1.82) is 0 Å². The molecule has 1 aliphatic rings. The first-order chi connectivity index (χ1) is 15.0. The molecular formula is C21H25BrN4O4S. The van der Waals surface area contributed by atoms with Gasteiger partial charge in [0.2, 0.25) is 5.91 Å². The zero-order valence-electron chi connectivity index (χ0n) is 17.3. The molecule has 1 saturated heterocycles. The van der Waals surface area contributed by atoms with Gasteiger partial charge in [0.05, 0.1) is 22.6 Å². The summed E-state index contributed by atoms with van der Waals surface area (Å²) in [6.45, 7) is 4.01. The average Bonchev–Trinajstić information content (AvgIpc) is 3.19. The fourth-order valence-electron chi connectivity index (χ4n) is 3.05. The first-order valence-electron chi connectivity index (χ1n) is 10.2. The fraction of sp³-hybridized carbons (Fsp3) is 0.429. The number of aromatic nitrogens is 1. The first-order valence-corrected chi connectivity index (χ1v) is 11.8. The van der Waals surface area contributed by atoms with Gasteiger partial charge in [-0.2, -0.15) is 0 Å². The van der Waals surface area contributed by atoms with Gasteiger partial charge in [-0.3, -0.25) is 9.59 Å². The maximum atomic E-state index is 12.5. The van der Waals surface area contributed by atoms with Crippen LogP contribution < -0.4 is 5.32 Å². The third-order valence-corrected chi connectivity index (χ3v) is 6.55. The summed E-state index contributed by atoms with van der Waals surface area (Å²) in [7, 11) is 0. The van der Waals surface area contributed by atoms with Crippen LogP contribution in [0.1, 0.15) is 29.6 Å². The molecule has 31 heavy (non-hydrogen) atoms. The highest BCUT2D eigenvalue weighted by Gasteiger charge is 2.25. The van der Waals surface area contributed by atoms with Gasteiger partial charge in [0.15, 0.2) is 5.01 Å². The van der Waals surface area contributed by atoms with Crippen LogP contribution >= 0.6 is 27.3 Å². The maximum Gasteiger partial charge on any atom is 0.409 e. The molecule has 0 aliphatic carbocycles. The lowest BCUT2D eigenvalue weighted by atomic mass is 10.2. The van der Waals surface area contributed by atoms with Gasteiger partial charge in [0.25, 0.3) is 5.91 Å². The van der Waals surface area contributed by atoms with E-state index in [1.54, 1.807) is 9.80 Å². The van der Waals surface area contributed by atoms with Gasteiger partial charge >= 0.3 is 6.09 Å². The standard InChI is InChI=1S/C21H25BrN4O4S/c1-2-3-13-30-21(29)26-11-9-25(10-12-26)16(27)14-23-19(28)20-24-17(18(22)31-20)15-7-5-4-6-8-15/h4-8H,2-3,9-14H2,1H3,(H,23,28). The molecule has 3 rings (SSSR count). The quantitative estimate of drug-likeness (QED) is 0.578. The monoisotopic (exact) mass is 508 g/mol. The minimum Gasteiger partial charge on any atom is -0.449 e. The second-order valence-electron chi connectivity index (χ2n) is 7.03. The summed E-state index contributed by atoms with van der Waals surface area (Å²) in [6.07, 6.45) is 1.47. The van der Waals surface area contributed by atoms with Crippen LogP contribution in [0, 0.1) is 0 Å². The molecule has 2 aromatic rings. The van der Waals surface area contributed by atoms with Crippen LogP contribution in [0.25, 0.3) is 11.3 Å². The highest BCUT2D eigenvalue weighted by molar-refractivity contribution is 9.11. The van der Waals surface area contributed by atoms with Crippen LogP contribution in [0.3, 0.4) is 0 Å². The summed E-state index contributed by atoms with van der Waals surface area (Å²) < 4.78 is 5.97. The highest BCUT2D eigenvalue weighted by atomic mass is 79.9. The molecule has 10 heteroatoms. The molecule has 0 unspecified atom stereocenters. The lowest BCUT2D eigenvalue weighted by molar-refractivity contribution is -0.131. The van der Waals surface area contributed by atoms with E-state index in [1.807, 2.05) is 37.3 Å². The van der Waals surface area contributed by atoms with Crippen molar-refractivity contribution < 1.29 is 19.1 Å². The predicted octanol–water partition coefficient (Wildman–Crippen LogP) is 3.38. The van der Waals surface area contributed by atoms with Gasteiger partial charge in [0, 0.05) is 31.7 Å². The Hall–Kier alpha value is -2.46. The van der Waals surface area contributed by atoms with E-state index in [0.29, 0.717) is 38.5 Å². The number of hydrogen-bond donors (Lipinski definition) is 1. The van der Waals surface area contributed by atoms with Gasteiger partial charge in [-0.05, 0) is 22.4 Å². The average molecular weight is 509 g/mol. The van der Waals surface area contributed by atoms with E-state index in [-0.39, 0.29) is 29.5 Å². The van der Waals surface area contributed by atoms with E-state index in [9.17, 15) is 14.4 Å². The number of carbonyl (C=O) groups excluding carboxylic acids is 3. The van der Waals surface area contributed by atoms with Gasteiger partial charge in [-0.1, -0.05) is 43.7 Å². The Labute approximate surface area is 193 Å². The van der Waals surface area contributed by atoms with Crippen LogP contribution in [-0.4, -0.2) is 72.0 Å². The number of unbranched alkanes of at least 4 members (excludes halogenated alkanes) is 1. The SMILES string of the molecule is CCCCOC(=O)N1CCN(C(=O)CNC(=O)c2nc(-c3ccccc3)c(Br)s2)CC1. The molecule has 0 bridgehead atoms. The zero-order valence-corrected chi connectivity index (χ0v) is 19.7. The molecule has 8 nitrogen and oxygen atoms in total. The molecular weight excluding hydrogens is 484 g/mol. The van der Waals surface area contributed by atoms with Crippen LogP contribution in [0.15, 0.2) is 34.1 Å². The Balaban J connectivity index is 1.46. The molecule has 1 aliphatic heterocycles. The van der Waals surface area contributed by atoms with E-state index in [4.69, 9.17) is 4.74 Å². The largest absolute Gasteiger partial charge is 0.449 e. The number of rotatable bonds is 7. The van der Waals surface area contributed by atoms with Crippen molar-refractivity contribution in [1.82, 2.24) is 20.1 Å². The number of piperazine rings is 1. The summed E-state index contributed by atoms with van der Waals surface area (Å²) in [5.74, 6) is -0.578. The smallest absolute Gasteiger partial charge is 0.409 e. The van der Waals surface area contributed by atoms with Crippen molar-refractivity contribution >= 4 is 45.2 Å². The molecule has 1 aromatic carbocycles. The van der Waals surface area contributed by atoms with E-state index in [0.717, 1.165) is 22.2 Å². The zero-order chi connectivity index (χ0) is 22.2. The first kappa shape index (κ1) is 23.2. The van der Waals surface area contributed by atoms with Crippen LogP contribution in [0.5, 0.6) is 0 Å². The topological polar surface area (TPSA) is 91.8 Å². The third-order valence-electron chi connectivity index (χ3n) is 4.84. The van der Waals surface area contributed by atoms with E-state index in [2.05, 4.69) is 26.2 Å². The minimum atomic E-state index is -0.389. The summed E-state index contributed by atoms with van der Waals surface area (Å²) in [5.41, 5.74) is 1.61. The summed E-state index contributed by atoms with van der Waals surface area (Å²) in [6, 6.07) is 9.57. The Kier molecular flexibility index (Phi) is 8.42. The lowest BCUT2D eigenvalue weighted by Gasteiger charge is -2.34. The highest BCUT2D eigenvalue weighted by Crippen LogP contribution is 2.32. The van der Waals surface area contributed by atoms with Crippen molar-refractivity contribution in [3.63, 3.8) is 0 Å². The molecule has 0 atom stereocenters. The molecule has 166 valence electrons. The molecule has 1 fully saturated rings. The summed E-state index contributed by atoms with van der Waals surface area (Å²) >= 11 is 4.69. The third kappa shape index (κ3) is 6.27. The van der Waals surface area contributed by atoms with Crippen LogP contribution in [0.4, 0.5) is 4.79 Å². The fourth-order valence-corrected chi connectivity index (χ4v) is 4.56. The number of hydrogen-bond acceptors (Lipinski definition) is 6. The van der Waals surface area contributed by atoms with Crippen molar-refractivity contribution in [2.75, 3.05) is 39.3 Å². The van der Waals surface area contributed by atoms with E-state index in [1.165, 1.54) is 11.3 Å². The minimum absolute atomic E-state index is 0.113. The molecule has 0 spiro atoms. The number of halogens is 1. The number of ether oxygens (including phenoxy) is 1. The molecule has 1 aromatic heterocycles. The maximum absolute atomic E-state index is 12.5. The van der Waals surface area contributed by atoms with Crippen LogP contribution in [0.2, 0.25) is 0 Å². The number of nitrogens with zero attached hydrogens (tertiary/aromatic N) is 3. The van der Waals surface area contributed by atoms with Gasteiger partial charge < -0.3 is 19.9 Å². The molecule has 0 radical (unpaired) electrons. The number of benzene rings is 1. The van der Waals surface area contributed by atoms with Crippen molar-refractivity contribution in [2.45, 2.75) is 19.8 Å². The molecule has 2 heterocycles. The Bertz CT molecular complexity index is 913. The van der Waals surface area contributed by atoms with E-state index < -0.39 is 0 Å². The normalized spacial score (nSPS) is 13.7. The van der Waals surface area contributed by atoms with Gasteiger partial charge in [0.1, 0.15) is 0 Å². The number of carbonyl (C=O) groups is 3. The van der Waals surface area contributed by atoms with Crippen molar-refractivity contribution in [3.05, 3.63) is 39.1 Å². The van der Waals surface area contributed by atoms with Crippen molar-refractivity contribution in [2.24, 2.45) is 0 Å². The molecule has 1 N–H and O–H groups in total. The number of amides is 3. The summed E-state index contributed by atoms with van der Waals surface area (Å²) in [5, 5.41) is 2.94. The van der Waals surface area contributed by atoms with E-state index >= 15 is 0 Å². The lowest BCUT2D eigenvalue weighted by Crippen LogP contribution is -2.52. The predicted molar refractivity (Wildman–Crippen MR) is 122 cm³/mol. The summed E-state index contributed by atoms with van der Waals surface area (Å²) in [4.78, 5) is 44.6. The Morgan fingerprint density at radius 3 is 2.48 bits per heavy atom. The molecule has 3 amide bonds. The Morgan fingerprint density at radius 2 is 1.81 bits per heavy atom. The Morgan fingerprint density at radius 1 is 1.13 bits per heavy atom. The van der Waals surface area contributed by atoms with Crippen molar-refractivity contribution in [3.8, 4) is 11.3 Å². The van der Waals surface area contributed by atoms with Crippen LogP contribution in [-0.2, 0) is 9.53 Å². The van der Waals surface area contributed by atoms with Gasteiger partial charge in [-0.25, -0.2) is 9.78 Å². The second kappa shape index (κ2) is 11.2.